The molecular weight excluding hydrogens is 380 g/mol. The fourth-order valence-electron chi connectivity index (χ4n) is 2.34. The summed E-state index contributed by atoms with van der Waals surface area (Å²) in [4.78, 5) is 23.7. The first-order valence-corrected chi connectivity index (χ1v) is 10.4. The predicted molar refractivity (Wildman–Crippen MR) is 106 cm³/mol. The van der Waals surface area contributed by atoms with Crippen LogP contribution in [0.2, 0.25) is 0 Å². The molecule has 2 N–H and O–H groups in total. The van der Waals surface area contributed by atoms with Crippen LogP contribution < -0.4 is 10.0 Å². The van der Waals surface area contributed by atoms with Crippen molar-refractivity contribution in [2.75, 3.05) is 18.5 Å². The molecule has 0 bridgehead atoms. The summed E-state index contributed by atoms with van der Waals surface area (Å²) in [5.74, 6) is -0.735. The Balaban J connectivity index is 1.71. The monoisotopic (exact) mass is 404 g/mol. The van der Waals surface area contributed by atoms with Gasteiger partial charge in [0.2, 0.25) is 10.0 Å². The Labute approximate surface area is 165 Å². The lowest BCUT2D eigenvalue weighted by Gasteiger charge is -2.09. The third-order valence-corrected chi connectivity index (χ3v) is 5.38. The predicted octanol–water partition coefficient (Wildman–Crippen LogP) is 2.66. The van der Waals surface area contributed by atoms with Gasteiger partial charge in [-0.05, 0) is 35.7 Å². The van der Waals surface area contributed by atoms with Gasteiger partial charge in [-0.15, -0.1) is 0 Å². The van der Waals surface area contributed by atoms with Gasteiger partial charge in [-0.2, -0.15) is 0 Å². The molecule has 150 valence electrons. The van der Waals surface area contributed by atoms with Crippen molar-refractivity contribution in [1.29, 1.82) is 0 Å². The summed E-state index contributed by atoms with van der Waals surface area (Å²) in [6.07, 6.45) is -0.178. The Bertz CT molecular complexity index is 894. The van der Waals surface area contributed by atoms with Crippen molar-refractivity contribution in [1.82, 2.24) is 4.72 Å². The van der Waals surface area contributed by atoms with Crippen LogP contribution in [-0.2, 0) is 24.3 Å². The quantitative estimate of drug-likeness (QED) is 0.626. The summed E-state index contributed by atoms with van der Waals surface area (Å²) >= 11 is 0. The zero-order valence-corrected chi connectivity index (χ0v) is 16.7. The van der Waals surface area contributed by atoms with Crippen LogP contribution in [0.1, 0.15) is 31.7 Å². The fourth-order valence-corrected chi connectivity index (χ4v) is 3.39. The van der Waals surface area contributed by atoms with Crippen LogP contribution in [0.4, 0.5) is 5.69 Å². The summed E-state index contributed by atoms with van der Waals surface area (Å²) in [5, 5.41) is 2.64. The first kappa shape index (κ1) is 21.6. The minimum Gasteiger partial charge on any atom is -0.456 e. The maximum Gasteiger partial charge on any atom is 0.307 e. The van der Waals surface area contributed by atoms with E-state index in [1.165, 1.54) is 12.1 Å². The maximum absolute atomic E-state index is 12.0. The molecule has 2 aromatic rings. The van der Waals surface area contributed by atoms with E-state index in [-0.39, 0.29) is 17.9 Å². The molecule has 2 aromatic carbocycles. The number of hydrogen-bond acceptors (Lipinski definition) is 5. The Kier molecular flexibility index (Phi) is 7.71. The Morgan fingerprint density at radius 2 is 1.64 bits per heavy atom. The number of anilines is 1. The Morgan fingerprint density at radius 1 is 1.00 bits per heavy atom. The van der Waals surface area contributed by atoms with Crippen molar-refractivity contribution < 1.29 is 22.7 Å². The lowest BCUT2D eigenvalue weighted by Crippen LogP contribution is -2.27. The molecule has 0 aliphatic heterocycles. The molecule has 0 saturated heterocycles. The van der Waals surface area contributed by atoms with Crippen molar-refractivity contribution in [3.63, 3.8) is 0 Å². The highest BCUT2D eigenvalue weighted by Gasteiger charge is 2.14. The van der Waals surface area contributed by atoms with E-state index in [1.807, 2.05) is 12.1 Å². The summed E-state index contributed by atoms with van der Waals surface area (Å²) < 4.78 is 31.2. The van der Waals surface area contributed by atoms with Crippen molar-refractivity contribution in [3.8, 4) is 0 Å². The zero-order valence-electron chi connectivity index (χ0n) is 15.8. The summed E-state index contributed by atoms with van der Waals surface area (Å²) in [5.41, 5.74) is 1.77. The molecule has 0 aromatic heterocycles. The molecule has 0 fully saturated rings. The molecule has 0 atom stereocenters. The van der Waals surface area contributed by atoms with Gasteiger partial charge in [0.05, 0.1) is 11.3 Å². The zero-order chi connectivity index (χ0) is 20.6. The highest BCUT2D eigenvalue weighted by molar-refractivity contribution is 7.89. The van der Waals surface area contributed by atoms with Crippen LogP contribution in [0.3, 0.4) is 0 Å². The largest absolute Gasteiger partial charge is 0.456 e. The normalized spacial score (nSPS) is 11.2. The minimum atomic E-state index is -3.67. The lowest BCUT2D eigenvalue weighted by atomic mass is 10.0. The van der Waals surface area contributed by atoms with Crippen LogP contribution in [-0.4, -0.2) is 33.4 Å². The molecular formula is C20H24N2O5S. The van der Waals surface area contributed by atoms with Crippen LogP contribution in [0.5, 0.6) is 0 Å². The van der Waals surface area contributed by atoms with Crippen LogP contribution >= 0.6 is 0 Å². The van der Waals surface area contributed by atoms with Gasteiger partial charge in [-0.3, -0.25) is 9.59 Å². The second-order valence-electron chi connectivity index (χ2n) is 6.45. The third-order valence-electron chi connectivity index (χ3n) is 3.90. The molecule has 28 heavy (non-hydrogen) atoms. The SMILES string of the molecule is CC(C)c1ccc(NC(=O)COC(=O)CCNS(=O)(=O)c2ccccc2)cc1. The topological polar surface area (TPSA) is 102 Å². The summed E-state index contributed by atoms with van der Waals surface area (Å²) in [6, 6.07) is 15.3. The van der Waals surface area contributed by atoms with Crippen molar-refractivity contribution in [3.05, 3.63) is 60.2 Å². The maximum atomic E-state index is 12.0. The van der Waals surface area contributed by atoms with Gasteiger partial charge >= 0.3 is 5.97 Å². The number of sulfonamides is 1. The van der Waals surface area contributed by atoms with Gasteiger partial charge in [0.15, 0.2) is 6.61 Å². The van der Waals surface area contributed by atoms with E-state index < -0.39 is 28.5 Å². The number of hydrogen-bond donors (Lipinski definition) is 2. The number of esters is 1. The Morgan fingerprint density at radius 3 is 2.25 bits per heavy atom. The van der Waals surface area contributed by atoms with Gasteiger partial charge in [-0.1, -0.05) is 44.2 Å². The van der Waals surface area contributed by atoms with E-state index in [0.29, 0.717) is 11.6 Å². The van der Waals surface area contributed by atoms with Crippen LogP contribution in [0.15, 0.2) is 59.5 Å². The number of amides is 1. The number of benzene rings is 2. The molecule has 0 aliphatic rings. The molecule has 0 spiro atoms. The van der Waals surface area contributed by atoms with Crippen LogP contribution in [0.25, 0.3) is 0 Å². The summed E-state index contributed by atoms with van der Waals surface area (Å²) in [7, 11) is -3.67. The molecule has 7 nitrogen and oxygen atoms in total. The molecule has 0 unspecified atom stereocenters. The lowest BCUT2D eigenvalue weighted by molar-refractivity contribution is -0.147. The van der Waals surface area contributed by atoms with E-state index in [9.17, 15) is 18.0 Å². The van der Waals surface area contributed by atoms with Gasteiger partial charge in [0, 0.05) is 12.2 Å². The second-order valence-corrected chi connectivity index (χ2v) is 8.21. The molecule has 0 radical (unpaired) electrons. The molecule has 2 rings (SSSR count). The van der Waals surface area contributed by atoms with Crippen LogP contribution in [0, 0.1) is 0 Å². The van der Waals surface area contributed by atoms with Crippen molar-refractivity contribution in [2.24, 2.45) is 0 Å². The fraction of sp³-hybridized carbons (Fsp3) is 0.300. The van der Waals surface area contributed by atoms with E-state index in [2.05, 4.69) is 23.9 Å². The molecule has 0 aliphatic carbocycles. The van der Waals surface area contributed by atoms with E-state index in [1.54, 1.807) is 30.3 Å². The number of carbonyl (C=O) groups excluding carboxylic acids is 2. The van der Waals surface area contributed by atoms with Crippen molar-refractivity contribution >= 4 is 27.6 Å². The number of nitrogens with one attached hydrogen (secondary N) is 2. The van der Waals surface area contributed by atoms with E-state index in [0.717, 1.165) is 5.56 Å². The Hall–Kier alpha value is -2.71. The number of rotatable bonds is 9. The molecule has 0 heterocycles. The first-order valence-electron chi connectivity index (χ1n) is 8.88. The molecule has 1 amide bonds. The second kappa shape index (κ2) is 10.0. The van der Waals surface area contributed by atoms with Gasteiger partial charge in [0.25, 0.3) is 5.91 Å². The highest BCUT2D eigenvalue weighted by atomic mass is 32.2. The van der Waals surface area contributed by atoms with Crippen molar-refractivity contribution in [2.45, 2.75) is 31.1 Å². The molecule has 8 heteroatoms. The summed E-state index contributed by atoms with van der Waals surface area (Å²) in [6.45, 7) is 3.60. The first-order chi connectivity index (χ1) is 13.3. The minimum absolute atomic E-state index is 0.117. The highest BCUT2D eigenvalue weighted by Crippen LogP contribution is 2.17. The third kappa shape index (κ3) is 6.79. The van der Waals surface area contributed by atoms with E-state index >= 15 is 0 Å². The van der Waals surface area contributed by atoms with Gasteiger partial charge in [-0.25, -0.2) is 13.1 Å². The molecule has 0 saturated carbocycles. The average molecular weight is 404 g/mol. The van der Waals surface area contributed by atoms with Gasteiger partial charge < -0.3 is 10.1 Å². The average Bonchev–Trinajstić information content (AvgIpc) is 2.67. The number of carbonyl (C=O) groups is 2. The smallest absolute Gasteiger partial charge is 0.307 e. The number of ether oxygens (including phenoxy) is 1. The standard InChI is InChI=1S/C20H24N2O5S/c1-15(2)16-8-10-17(11-9-16)22-19(23)14-27-20(24)12-13-21-28(25,26)18-6-4-3-5-7-18/h3-11,15,21H,12-14H2,1-2H3,(H,22,23). The van der Waals surface area contributed by atoms with Gasteiger partial charge in [0.1, 0.15) is 0 Å². The van der Waals surface area contributed by atoms with E-state index in [4.69, 9.17) is 4.74 Å².